The molecule has 1 heterocycles. The fourth-order valence-electron chi connectivity index (χ4n) is 2.87. The van der Waals surface area contributed by atoms with E-state index in [-0.39, 0.29) is 24.0 Å². The molecule has 3 aromatic rings. The number of amides is 2. The first kappa shape index (κ1) is 23.9. The highest BCUT2D eigenvalue weighted by Crippen LogP contribution is 2.26. The standard InChI is InChI=1S/C21H21Cl2N5O3S/c1-3-28-18(11-19(29)24-15-6-4-5-7-17(15)31-2)26-27-21(28)32-12-20(30)25-16-10-13(22)8-9-14(16)23/h4-10H,3,11-12H2,1-2H3,(H,24,29)(H,25,30). The Kier molecular flexibility index (Phi) is 8.38. The zero-order valence-corrected chi connectivity index (χ0v) is 19.7. The first-order valence-electron chi connectivity index (χ1n) is 9.64. The Morgan fingerprint density at radius 3 is 2.56 bits per heavy atom. The maximum absolute atomic E-state index is 12.5. The highest BCUT2D eigenvalue weighted by Gasteiger charge is 2.17. The van der Waals surface area contributed by atoms with Crippen LogP contribution in [-0.4, -0.2) is 39.4 Å². The molecule has 0 saturated carbocycles. The van der Waals surface area contributed by atoms with Gasteiger partial charge in [0.25, 0.3) is 0 Å². The van der Waals surface area contributed by atoms with Gasteiger partial charge in [-0.05, 0) is 37.3 Å². The van der Waals surface area contributed by atoms with Gasteiger partial charge in [0.2, 0.25) is 11.8 Å². The lowest BCUT2D eigenvalue weighted by Crippen LogP contribution is -2.18. The van der Waals surface area contributed by atoms with E-state index in [1.165, 1.54) is 11.8 Å². The molecule has 32 heavy (non-hydrogen) atoms. The van der Waals surface area contributed by atoms with Crippen LogP contribution in [0.15, 0.2) is 47.6 Å². The third-order valence-electron chi connectivity index (χ3n) is 4.34. The van der Waals surface area contributed by atoms with Gasteiger partial charge in [0.1, 0.15) is 11.6 Å². The molecule has 0 unspecified atom stereocenters. The van der Waals surface area contributed by atoms with Gasteiger partial charge in [-0.25, -0.2) is 0 Å². The first-order chi connectivity index (χ1) is 15.4. The summed E-state index contributed by atoms with van der Waals surface area (Å²) < 4.78 is 7.05. The largest absolute Gasteiger partial charge is 0.495 e. The Bertz CT molecular complexity index is 1120. The van der Waals surface area contributed by atoms with Gasteiger partial charge in [-0.15, -0.1) is 10.2 Å². The molecule has 0 saturated heterocycles. The van der Waals surface area contributed by atoms with E-state index in [2.05, 4.69) is 20.8 Å². The molecule has 0 aliphatic carbocycles. The number of anilines is 2. The summed E-state index contributed by atoms with van der Waals surface area (Å²) in [5.74, 6) is 0.649. The summed E-state index contributed by atoms with van der Waals surface area (Å²) in [6.07, 6.45) is 0.0315. The third-order valence-corrected chi connectivity index (χ3v) is 5.88. The van der Waals surface area contributed by atoms with Crippen molar-refractivity contribution in [3.8, 4) is 5.75 Å². The van der Waals surface area contributed by atoms with Gasteiger partial charge in [0, 0.05) is 11.6 Å². The summed E-state index contributed by atoms with van der Waals surface area (Å²) in [5.41, 5.74) is 1.02. The van der Waals surface area contributed by atoms with Crippen LogP contribution in [0.3, 0.4) is 0 Å². The number of para-hydroxylation sites is 2. The number of nitrogens with zero attached hydrogens (tertiary/aromatic N) is 3. The highest BCUT2D eigenvalue weighted by molar-refractivity contribution is 7.99. The predicted octanol–water partition coefficient (Wildman–Crippen LogP) is 4.53. The molecule has 0 aliphatic rings. The van der Waals surface area contributed by atoms with Crippen molar-refractivity contribution in [3.63, 3.8) is 0 Å². The number of methoxy groups -OCH3 is 1. The van der Waals surface area contributed by atoms with E-state index < -0.39 is 0 Å². The molecule has 2 aromatic carbocycles. The molecule has 0 atom stereocenters. The van der Waals surface area contributed by atoms with Crippen LogP contribution < -0.4 is 15.4 Å². The lowest BCUT2D eigenvalue weighted by Gasteiger charge is -2.11. The number of nitrogens with one attached hydrogen (secondary N) is 2. The maximum Gasteiger partial charge on any atom is 0.234 e. The van der Waals surface area contributed by atoms with Crippen LogP contribution in [0.4, 0.5) is 11.4 Å². The van der Waals surface area contributed by atoms with E-state index in [9.17, 15) is 9.59 Å². The van der Waals surface area contributed by atoms with Crippen molar-refractivity contribution in [1.29, 1.82) is 0 Å². The Hall–Kier alpha value is -2.75. The van der Waals surface area contributed by atoms with Crippen molar-refractivity contribution in [2.45, 2.75) is 25.0 Å². The molecule has 1 aromatic heterocycles. The SMILES string of the molecule is CCn1c(CC(=O)Nc2ccccc2OC)nnc1SCC(=O)Nc1cc(Cl)ccc1Cl. The second-order valence-electron chi connectivity index (χ2n) is 6.53. The van der Waals surface area contributed by atoms with Crippen LogP contribution in [0.5, 0.6) is 5.75 Å². The van der Waals surface area contributed by atoms with Gasteiger partial charge in [0.15, 0.2) is 5.16 Å². The number of thioether (sulfide) groups is 1. The molecule has 168 valence electrons. The Morgan fingerprint density at radius 2 is 1.81 bits per heavy atom. The van der Waals surface area contributed by atoms with Crippen LogP contribution in [0.1, 0.15) is 12.7 Å². The number of aromatic nitrogens is 3. The number of ether oxygens (including phenoxy) is 1. The van der Waals surface area contributed by atoms with Crippen LogP contribution in [0.25, 0.3) is 0 Å². The number of rotatable bonds is 9. The molecule has 3 rings (SSSR count). The van der Waals surface area contributed by atoms with E-state index in [1.807, 2.05) is 19.1 Å². The van der Waals surface area contributed by atoms with Crippen molar-refractivity contribution < 1.29 is 14.3 Å². The van der Waals surface area contributed by atoms with Crippen LogP contribution in [0.2, 0.25) is 10.0 Å². The molecule has 8 nitrogen and oxygen atoms in total. The zero-order chi connectivity index (χ0) is 23.1. The van der Waals surface area contributed by atoms with Crippen LogP contribution in [0, 0.1) is 0 Å². The third kappa shape index (κ3) is 6.15. The van der Waals surface area contributed by atoms with Gasteiger partial charge in [0.05, 0.1) is 35.7 Å². The number of carbonyl (C=O) groups is 2. The number of hydrogen-bond acceptors (Lipinski definition) is 6. The minimum atomic E-state index is -0.264. The van der Waals surface area contributed by atoms with E-state index in [0.29, 0.717) is 44.7 Å². The van der Waals surface area contributed by atoms with Crippen molar-refractivity contribution in [3.05, 3.63) is 58.3 Å². The second kappa shape index (κ2) is 11.2. The molecular weight excluding hydrogens is 473 g/mol. The molecule has 0 spiro atoms. The summed E-state index contributed by atoms with van der Waals surface area (Å²) in [6.45, 7) is 2.47. The highest BCUT2D eigenvalue weighted by atomic mass is 35.5. The van der Waals surface area contributed by atoms with Gasteiger partial charge < -0.3 is 19.9 Å². The average molecular weight is 494 g/mol. The summed E-state index contributed by atoms with van der Waals surface area (Å²) in [4.78, 5) is 24.8. The van der Waals surface area contributed by atoms with Gasteiger partial charge >= 0.3 is 0 Å². The second-order valence-corrected chi connectivity index (χ2v) is 8.32. The fourth-order valence-corrected chi connectivity index (χ4v) is 4.03. The average Bonchev–Trinajstić information content (AvgIpc) is 3.16. The number of benzene rings is 2. The summed E-state index contributed by atoms with van der Waals surface area (Å²) in [5, 5.41) is 15.2. The van der Waals surface area contributed by atoms with Gasteiger partial charge in [-0.2, -0.15) is 0 Å². The van der Waals surface area contributed by atoms with Crippen molar-refractivity contribution in [2.24, 2.45) is 0 Å². The Labute approximate surface area is 199 Å². The lowest BCUT2D eigenvalue weighted by molar-refractivity contribution is -0.116. The van der Waals surface area contributed by atoms with Gasteiger partial charge in [-0.3, -0.25) is 9.59 Å². The van der Waals surface area contributed by atoms with E-state index in [1.54, 1.807) is 42.0 Å². The molecule has 11 heteroatoms. The number of hydrogen-bond donors (Lipinski definition) is 2. The van der Waals surface area contributed by atoms with Crippen molar-refractivity contribution in [2.75, 3.05) is 23.5 Å². The smallest absolute Gasteiger partial charge is 0.234 e. The van der Waals surface area contributed by atoms with Gasteiger partial charge in [-0.1, -0.05) is 47.1 Å². The molecule has 2 amide bonds. The lowest BCUT2D eigenvalue weighted by atomic mass is 10.2. The van der Waals surface area contributed by atoms with E-state index in [0.717, 1.165) is 0 Å². The minimum absolute atomic E-state index is 0.0315. The summed E-state index contributed by atoms with van der Waals surface area (Å²) in [7, 11) is 1.54. The molecule has 0 aliphatic heterocycles. The normalized spacial score (nSPS) is 10.6. The van der Waals surface area contributed by atoms with E-state index in [4.69, 9.17) is 27.9 Å². The van der Waals surface area contributed by atoms with Crippen LogP contribution in [-0.2, 0) is 22.6 Å². The number of halogens is 2. The molecule has 2 N–H and O–H groups in total. The zero-order valence-electron chi connectivity index (χ0n) is 17.4. The topological polar surface area (TPSA) is 98.1 Å². The van der Waals surface area contributed by atoms with Crippen molar-refractivity contribution in [1.82, 2.24) is 14.8 Å². The van der Waals surface area contributed by atoms with Crippen LogP contribution >= 0.6 is 35.0 Å². The minimum Gasteiger partial charge on any atom is -0.495 e. The van der Waals surface area contributed by atoms with Crippen molar-refractivity contribution >= 4 is 58.2 Å². The quantitative estimate of drug-likeness (QED) is 0.425. The maximum atomic E-state index is 12.5. The summed E-state index contributed by atoms with van der Waals surface area (Å²) in [6, 6.07) is 12.0. The fraction of sp³-hybridized carbons (Fsp3) is 0.238. The monoisotopic (exact) mass is 493 g/mol. The number of carbonyl (C=O) groups excluding carboxylic acids is 2. The summed E-state index contributed by atoms with van der Waals surface area (Å²) >= 11 is 13.2. The first-order valence-corrected chi connectivity index (χ1v) is 11.4. The molecule has 0 bridgehead atoms. The van der Waals surface area contributed by atoms with E-state index >= 15 is 0 Å². The molecule has 0 radical (unpaired) electrons. The predicted molar refractivity (Wildman–Crippen MR) is 127 cm³/mol. The molecular formula is C21H21Cl2N5O3S. The Morgan fingerprint density at radius 1 is 1.06 bits per heavy atom. The molecule has 0 fully saturated rings. The Balaban J connectivity index is 1.61.